The maximum Gasteiger partial charge on any atom is 0.303 e. The van der Waals surface area contributed by atoms with Crippen molar-refractivity contribution in [1.29, 1.82) is 0 Å². The predicted molar refractivity (Wildman–Crippen MR) is 60.1 cm³/mol. The number of amides is 1. The molecule has 0 aromatic carbocycles. The molecule has 1 rings (SSSR count). The molecular formula is C11H20N2O3. The van der Waals surface area contributed by atoms with E-state index < -0.39 is 5.97 Å². The van der Waals surface area contributed by atoms with Crippen molar-refractivity contribution in [1.82, 2.24) is 10.6 Å². The quantitative estimate of drug-likeness (QED) is 0.502. The smallest absolute Gasteiger partial charge is 0.303 e. The Hall–Kier alpha value is -1.10. The van der Waals surface area contributed by atoms with E-state index in [0.717, 1.165) is 13.0 Å². The summed E-state index contributed by atoms with van der Waals surface area (Å²) in [6.45, 7) is 1.62. The minimum absolute atomic E-state index is 0.0485. The summed E-state index contributed by atoms with van der Waals surface area (Å²) in [5.41, 5.74) is 0. The second-order valence-corrected chi connectivity index (χ2v) is 4.18. The molecule has 5 nitrogen and oxygen atoms in total. The van der Waals surface area contributed by atoms with Crippen LogP contribution in [0.5, 0.6) is 0 Å². The summed E-state index contributed by atoms with van der Waals surface area (Å²) in [4.78, 5) is 21.4. The Kier molecular flexibility index (Phi) is 5.85. The molecule has 0 atom stereocenters. The lowest BCUT2D eigenvalue weighted by atomic mass is 10.2. The number of carbonyl (C=O) groups excluding carboxylic acids is 1. The lowest BCUT2D eigenvalue weighted by Gasteiger charge is -2.05. The van der Waals surface area contributed by atoms with Crippen LogP contribution >= 0.6 is 0 Å². The molecule has 0 aromatic heterocycles. The van der Waals surface area contributed by atoms with Crippen LogP contribution in [0.3, 0.4) is 0 Å². The van der Waals surface area contributed by atoms with Gasteiger partial charge in [-0.25, -0.2) is 0 Å². The van der Waals surface area contributed by atoms with Gasteiger partial charge >= 0.3 is 5.97 Å². The standard InChI is InChI=1S/C11H20N2O3/c14-10(3-1-4-11(15)16)13-8-2-7-12-9-5-6-9/h9,12H,1-8H2,(H,13,14)(H,15,16). The molecule has 1 saturated carbocycles. The SMILES string of the molecule is O=C(O)CCCC(=O)NCCCNC1CC1. The van der Waals surface area contributed by atoms with Crippen LogP contribution in [0.4, 0.5) is 0 Å². The van der Waals surface area contributed by atoms with Gasteiger partial charge in [-0.05, 0) is 32.2 Å². The molecule has 1 amide bonds. The zero-order valence-electron chi connectivity index (χ0n) is 9.50. The van der Waals surface area contributed by atoms with Crippen molar-refractivity contribution in [2.75, 3.05) is 13.1 Å². The van der Waals surface area contributed by atoms with Crippen molar-refractivity contribution < 1.29 is 14.7 Å². The van der Waals surface area contributed by atoms with Crippen LogP contribution in [0.2, 0.25) is 0 Å². The van der Waals surface area contributed by atoms with Gasteiger partial charge in [0, 0.05) is 25.4 Å². The van der Waals surface area contributed by atoms with Gasteiger partial charge in [-0.15, -0.1) is 0 Å². The molecule has 92 valence electrons. The van der Waals surface area contributed by atoms with Crippen LogP contribution in [-0.4, -0.2) is 36.1 Å². The second kappa shape index (κ2) is 7.22. The highest BCUT2D eigenvalue weighted by atomic mass is 16.4. The van der Waals surface area contributed by atoms with Crippen molar-refractivity contribution >= 4 is 11.9 Å². The average molecular weight is 228 g/mol. The zero-order chi connectivity index (χ0) is 11.8. The third-order valence-electron chi connectivity index (χ3n) is 2.48. The van der Waals surface area contributed by atoms with Crippen molar-refractivity contribution in [2.45, 2.75) is 44.6 Å². The highest BCUT2D eigenvalue weighted by Gasteiger charge is 2.19. The highest BCUT2D eigenvalue weighted by molar-refractivity contribution is 5.76. The highest BCUT2D eigenvalue weighted by Crippen LogP contribution is 2.18. The van der Waals surface area contributed by atoms with E-state index in [4.69, 9.17) is 5.11 Å². The van der Waals surface area contributed by atoms with Gasteiger partial charge in [0.05, 0.1) is 0 Å². The molecule has 1 aliphatic rings. The molecule has 0 aliphatic heterocycles. The zero-order valence-corrected chi connectivity index (χ0v) is 9.50. The fourth-order valence-corrected chi connectivity index (χ4v) is 1.40. The van der Waals surface area contributed by atoms with Gasteiger partial charge in [0.15, 0.2) is 0 Å². The number of rotatable bonds is 9. The Morgan fingerprint density at radius 1 is 1.12 bits per heavy atom. The van der Waals surface area contributed by atoms with Crippen molar-refractivity contribution in [3.63, 3.8) is 0 Å². The number of carboxylic acids is 1. The molecule has 0 saturated heterocycles. The van der Waals surface area contributed by atoms with Crippen LogP contribution in [0.15, 0.2) is 0 Å². The Balaban J connectivity index is 1.83. The average Bonchev–Trinajstić information content (AvgIpc) is 3.00. The van der Waals surface area contributed by atoms with Gasteiger partial charge < -0.3 is 15.7 Å². The van der Waals surface area contributed by atoms with Crippen molar-refractivity contribution in [2.24, 2.45) is 0 Å². The first-order valence-electron chi connectivity index (χ1n) is 5.90. The van der Waals surface area contributed by atoms with E-state index in [0.29, 0.717) is 25.4 Å². The summed E-state index contributed by atoms with van der Waals surface area (Å²) < 4.78 is 0. The van der Waals surface area contributed by atoms with Crippen molar-refractivity contribution in [3.8, 4) is 0 Å². The number of carboxylic acid groups (broad SMARTS) is 1. The summed E-state index contributed by atoms with van der Waals surface area (Å²) >= 11 is 0. The van der Waals surface area contributed by atoms with E-state index in [2.05, 4.69) is 10.6 Å². The lowest BCUT2D eigenvalue weighted by Crippen LogP contribution is -2.27. The summed E-state index contributed by atoms with van der Waals surface area (Å²) in [6.07, 6.45) is 4.28. The fraction of sp³-hybridized carbons (Fsp3) is 0.818. The maximum atomic E-state index is 11.2. The third-order valence-corrected chi connectivity index (χ3v) is 2.48. The Morgan fingerprint density at radius 2 is 1.88 bits per heavy atom. The first kappa shape index (κ1) is 13.0. The van der Waals surface area contributed by atoms with E-state index in [1.807, 2.05) is 0 Å². The van der Waals surface area contributed by atoms with E-state index in [1.165, 1.54) is 12.8 Å². The molecule has 0 unspecified atom stereocenters. The maximum absolute atomic E-state index is 11.2. The topological polar surface area (TPSA) is 78.4 Å². The van der Waals surface area contributed by atoms with Gasteiger partial charge in [0.25, 0.3) is 0 Å². The number of hydrogen-bond acceptors (Lipinski definition) is 3. The molecule has 1 fully saturated rings. The molecule has 1 aliphatic carbocycles. The second-order valence-electron chi connectivity index (χ2n) is 4.18. The predicted octanol–water partition coefficient (Wildman–Crippen LogP) is 0.500. The lowest BCUT2D eigenvalue weighted by molar-refractivity contribution is -0.137. The molecular weight excluding hydrogens is 208 g/mol. The van der Waals surface area contributed by atoms with E-state index in [1.54, 1.807) is 0 Å². The largest absolute Gasteiger partial charge is 0.481 e. The molecule has 0 heterocycles. The Morgan fingerprint density at radius 3 is 2.50 bits per heavy atom. The van der Waals surface area contributed by atoms with Gasteiger partial charge in [0.2, 0.25) is 5.91 Å². The van der Waals surface area contributed by atoms with Gasteiger partial charge in [0.1, 0.15) is 0 Å². The monoisotopic (exact) mass is 228 g/mol. The van der Waals surface area contributed by atoms with Crippen molar-refractivity contribution in [3.05, 3.63) is 0 Å². The van der Waals surface area contributed by atoms with E-state index in [9.17, 15) is 9.59 Å². The first-order valence-corrected chi connectivity index (χ1v) is 5.90. The van der Waals surface area contributed by atoms with E-state index in [-0.39, 0.29) is 12.3 Å². The molecule has 0 spiro atoms. The molecule has 0 radical (unpaired) electrons. The van der Waals surface area contributed by atoms with E-state index >= 15 is 0 Å². The summed E-state index contributed by atoms with van der Waals surface area (Å²) in [5.74, 6) is -0.894. The van der Waals surface area contributed by atoms with Crippen LogP contribution in [-0.2, 0) is 9.59 Å². The summed E-state index contributed by atoms with van der Waals surface area (Å²) in [6, 6.07) is 0.714. The normalized spacial score (nSPS) is 14.8. The summed E-state index contributed by atoms with van der Waals surface area (Å²) in [7, 11) is 0. The molecule has 16 heavy (non-hydrogen) atoms. The molecule has 0 bridgehead atoms. The number of aliphatic carboxylic acids is 1. The van der Waals surface area contributed by atoms with Crippen LogP contribution < -0.4 is 10.6 Å². The van der Waals surface area contributed by atoms with Crippen LogP contribution in [0.1, 0.15) is 38.5 Å². The number of nitrogens with one attached hydrogen (secondary N) is 2. The Bertz CT molecular complexity index is 239. The first-order chi connectivity index (χ1) is 7.68. The van der Waals surface area contributed by atoms with Crippen LogP contribution in [0.25, 0.3) is 0 Å². The van der Waals surface area contributed by atoms with Crippen LogP contribution in [0, 0.1) is 0 Å². The number of hydrogen-bond donors (Lipinski definition) is 3. The third kappa shape index (κ3) is 7.23. The molecule has 3 N–H and O–H groups in total. The fourth-order valence-electron chi connectivity index (χ4n) is 1.40. The number of carbonyl (C=O) groups is 2. The van der Waals surface area contributed by atoms with Gasteiger partial charge in [-0.1, -0.05) is 0 Å². The molecule has 5 heteroatoms. The minimum atomic E-state index is -0.846. The van der Waals surface area contributed by atoms with Gasteiger partial charge in [-0.3, -0.25) is 9.59 Å². The van der Waals surface area contributed by atoms with Gasteiger partial charge in [-0.2, -0.15) is 0 Å². The molecule has 0 aromatic rings. The minimum Gasteiger partial charge on any atom is -0.481 e. The Labute approximate surface area is 95.6 Å². The summed E-state index contributed by atoms with van der Waals surface area (Å²) in [5, 5.41) is 14.5.